The van der Waals surface area contributed by atoms with Crippen molar-refractivity contribution in [2.45, 2.75) is 0 Å². The van der Waals surface area contributed by atoms with Crippen LogP contribution in [-0.2, 0) is 0 Å². The number of benzene rings is 2. The third-order valence-corrected chi connectivity index (χ3v) is 2.96. The molecular formula is C15H8F2N2O3. The molecule has 3 rings (SSSR count). The van der Waals surface area contributed by atoms with Gasteiger partial charge in [-0.3, -0.25) is 0 Å². The molecule has 1 N–H and O–H groups in total. The maximum absolute atomic E-state index is 13.7. The summed E-state index contributed by atoms with van der Waals surface area (Å²) in [6.45, 7) is 0. The second-order valence-electron chi connectivity index (χ2n) is 4.43. The third-order valence-electron chi connectivity index (χ3n) is 2.96. The third kappa shape index (κ3) is 2.56. The molecule has 0 saturated heterocycles. The molecule has 0 bridgehead atoms. The second kappa shape index (κ2) is 5.36. The van der Waals surface area contributed by atoms with Crippen LogP contribution in [0.25, 0.3) is 22.8 Å². The van der Waals surface area contributed by atoms with Crippen LogP contribution in [0.4, 0.5) is 8.78 Å². The number of nitrogens with zero attached hydrogens (tertiary/aromatic N) is 2. The van der Waals surface area contributed by atoms with Gasteiger partial charge in [-0.25, -0.2) is 13.6 Å². The van der Waals surface area contributed by atoms with Gasteiger partial charge >= 0.3 is 5.97 Å². The monoisotopic (exact) mass is 302 g/mol. The van der Waals surface area contributed by atoms with Crippen molar-refractivity contribution in [2.24, 2.45) is 0 Å². The maximum Gasteiger partial charge on any atom is 0.335 e. The van der Waals surface area contributed by atoms with E-state index in [2.05, 4.69) is 10.1 Å². The van der Waals surface area contributed by atoms with E-state index in [4.69, 9.17) is 9.63 Å². The van der Waals surface area contributed by atoms with Crippen LogP contribution in [0.5, 0.6) is 0 Å². The Morgan fingerprint density at radius 1 is 1.14 bits per heavy atom. The summed E-state index contributed by atoms with van der Waals surface area (Å²) < 4.78 is 31.5. The molecule has 22 heavy (non-hydrogen) atoms. The Bertz CT molecular complexity index is 861. The zero-order valence-corrected chi connectivity index (χ0v) is 11.0. The van der Waals surface area contributed by atoms with Crippen LogP contribution >= 0.6 is 0 Å². The minimum Gasteiger partial charge on any atom is -0.478 e. The van der Waals surface area contributed by atoms with Crippen LogP contribution in [0.15, 0.2) is 47.0 Å². The summed E-state index contributed by atoms with van der Waals surface area (Å²) in [5, 5.41) is 12.6. The quantitative estimate of drug-likeness (QED) is 0.802. The minimum absolute atomic E-state index is 0.0328. The molecule has 0 aliphatic heterocycles. The van der Waals surface area contributed by atoms with Crippen LogP contribution in [0, 0.1) is 11.6 Å². The van der Waals surface area contributed by atoms with E-state index in [1.54, 1.807) is 6.07 Å². The van der Waals surface area contributed by atoms with E-state index >= 15 is 0 Å². The zero-order valence-electron chi connectivity index (χ0n) is 11.0. The van der Waals surface area contributed by atoms with Crippen LogP contribution in [-0.4, -0.2) is 21.2 Å². The highest BCUT2D eigenvalue weighted by atomic mass is 19.1. The number of hydrogen-bond acceptors (Lipinski definition) is 4. The topological polar surface area (TPSA) is 76.2 Å². The summed E-state index contributed by atoms with van der Waals surface area (Å²) in [4.78, 5) is 14.9. The van der Waals surface area contributed by atoms with E-state index in [1.165, 1.54) is 24.3 Å². The van der Waals surface area contributed by atoms with E-state index < -0.39 is 17.6 Å². The van der Waals surface area contributed by atoms with Crippen molar-refractivity contribution in [3.05, 3.63) is 59.7 Å². The van der Waals surface area contributed by atoms with E-state index in [-0.39, 0.29) is 22.8 Å². The van der Waals surface area contributed by atoms with Gasteiger partial charge in [-0.2, -0.15) is 4.98 Å². The number of aromatic nitrogens is 2. The van der Waals surface area contributed by atoms with Crippen molar-refractivity contribution >= 4 is 5.97 Å². The molecule has 5 nitrogen and oxygen atoms in total. The van der Waals surface area contributed by atoms with Gasteiger partial charge in [0, 0.05) is 11.6 Å². The molecule has 0 unspecified atom stereocenters. The first-order valence-electron chi connectivity index (χ1n) is 6.17. The highest BCUT2D eigenvalue weighted by Gasteiger charge is 2.15. The summed E-state index contributed by atoms with van der Waals surface area (Å²) in [5.41, 5.74) is 0.448. The SMILES string of the molecule is O=C(O)c1cccc(-c2noc(-c3ccc(F)cc3F)n2)c1. The average Bonchev–Trinajstić information content (AvgIpc) is 2.97. The van der Waals surface area contributed by atoms with Crippen molar-refractivity contribution in [3.8, 4) is 22.8 Å². The smallest absolute Gasteiger partial charge is 0.335 e. The predicted molar refractivity (Wildman–Crippen MR) is 72.0 cm³/mol. The maximum atomic E-state index is 13.7. The second-order valence-corrected chi connectivity index (χ2v) is 4.43. The van der Waals surface area contributed by atoms with E-state index in [0.717, 1.165) is 6.07 Å². The molecule has 110 valence electrons. The normalized spacial score (nSPS) is 10.6. The summed E-state index contributed by atoms with van der Waals surface area (Å²) >= 11 is 0. The highest BCUT2D eigenvalue weighted by Crippen LogP contribution is 2.25. The van der Waals surface area contributed by atoms with Crippen molar-refractivity contribution in [3.63, 3.8) is 0 Å². The Morgan fingerprint density at radius 3 is 2.68 bits per heavy atom. The molecule has 0 fully saturated rings. The molecule has 0 amide bonds. The van der Waals surface area contributed by atoms with E-state index in [9.17, 15) is 13.6 Å². The van der Waals surface area contributed by atoms with E-state index in [1.807, 2.05) is 0 Å². The first-order chi connectivity index (χ1) is 10.5. The molecule has 3 aromatic rings. The molecule has 0 aliphatic rings. The summed E-state index contributed by atoms with van der Waals surface area (Å²) in [5.74, 6) is -2.63. The Hall–Kier alpha value is -3.09. The summed E-state index contributed by atoms with van der Waals surface area (Å²) in [7, 11) is 0. The fourth-order valence-electron chi connectivity index (χ4n) is 1.90. The zero-order chi connectivity index (χ0) is 15.7. The van der Waals surface area contributed by atoms with Crippen LogP contribution in [0.3, 0.4) is 0 Å². The Morgan fingerprint density at radius 2 is 1.95 bits per heavy atom. The van der Waals surface area contributed by atoms with Gasteiger partial charge in [0.2, 0.25) is 5.82 Å². The number of halogens is 2. The van der Waals surface area contributed by atoms with Crippen molar-refractivity contribution in [1.29, 1.82) is 0 Å². The number of carbonyl (C=O) groups is 1. The molecule has 0 aliphatic carbocycles. The van der Waals surface area contributed by atoms with Crippen molar-refractivity contribution in [1.82, 2.24) is 10.1 Å². The van der Waals surface area contributed by atoms with Crippen molar-refractivity contribution < 1.29 is 23.2 Å². The number of carboxylic acid groups (broad SMARTS) is 1. The summed E-state index contributed by atoms with van der Waals surface area (Å²) in [6, 6.07) is 8.91. The van der Waals surface area contributed by atoms with Gasteiger partial charge in [-0.15, -0.1) is 0 Å². The molecule has 0 atom stereocenters. The van der Waals surface area contributed by atoms with Gasteiger partial charge in [0.15, 0.2) is 0 Å². The lowest BCUT2D eigenvalue weighted by Crippen LogP contribution is -1.96. The van der Waals surface area contributed by atoms with Crippen LogP contribution < -0.4 is 0 Å². The van der Waals surface area contributed by atoms with Crippen molar-refractivity contribution in [2.75, 3.05) is 0 Å². The molecular weight excluding hydrogens is 294 g/mol. The van der Waals surface area contributed by atoms with Gasteiger partial charge in [0.25, 0.3) is 5.89 Å². The van der Waals surface area contributed by atoms with Gasteiger partial charge < -0.3 is 9.63 Å². The first kappa shape index (κ1) is 13.9. The molecule has 1 heterocycles. The standard InChI is InChI=1S/C15H8F2N2O3/c16-10-4-5-11(12(17)7-10)14-18-13(19-22-14)8-2-1-3-9(6-8)15(20)21/h1-7H,(H,20,21). The Labute approximate surface area is 122 Å². The van der Waals surface area contributed by atoms with Gasteiger partial charge in [-0.1, -0.05) is 17.3 Å². The van der Waals surface area contributed by atoms with E-state index in [0.29, 0.717) is 11.6 Å². The largest absolute Gasteiger partial charge is 0.478 e. The Kier molecular flexibility index (Phi) is 3.38. The molecule has 0 saturated carbocycles. The lowest BCUT2D eigenvalue weighted by atomic mass is 10.1. The molecule has 0 spiro atoms. The number of carboxylic acids is 1. The van der Waals surface area contributed by atoms with Crippen LogP contribution in [0.1, 0.15) is 10.4 Å². The fourth-order valence-corrected chi connectivity index (χ4v) is 1.90. The average molecular weight is 302 g/mol. The fraction of sp³-hybridized carbons (Fsp3) is 0. The number of hydrogen-bond donors (Lipinski definition) is 1. The van der Waals surface area contributed by atoms with Gasteiger partial charge in [0.05, 0.1) is 11.1 Å². The minimum atomic E-state index is -1.09. The molecule has 2 aromatic carbocycles. The summed E-state index contributed by atoms with van der Waals surface area (Å²) in [6.07, 6.45) is 0. The highest BCUT2D eigenvalue weighted by molar-refractivity contribution is 5.89. The van der Waals surface area contributed by atoms with Gasteiger partial charge in [-0.05, 0) is 24.3 Å². The predicted octanol–water partition coefficient (Wildman–Crippen LogP) is 3.38. The lowest BCUT2D eigenvalue weighted by molar-refractivity contribution is 0.0697. The number of aromatic carboxylic acids is 1. The lowest BCUT2D eigenvalue weighted by Gasteiger charge is -1.97. The Balaban J connectivity index is 2.00. The molecule has 0 radical (unpaired) electrons. The van der Waals surface area contributed by atoms with Crippen LogP contribution in [0.2, 0.25) is 0 Å². The van der Waals surface area contributed by atoms with Gasteiger partial charge in [0.1, 0.15) is 11.6 Å². The molecule has 1 aromatic heterocycles. The number of rotatable bonds is 3. The molecule has 7 heteroatoms. The first-order valence-corrected chi connectivity index (χ1v) is 6.17.